The number of nitrogens with one attached hydrogen (secondary N) is 1. The lowest BCUT2D eigenvalue weighted by molar-refractivity contribution is 0.281. The molecular formula is C13H11F2NO3S. The summed E-state index contributed by atoms with van der Waals surface area (Å²) in [7, 11) is -4.16. The number of rotatable bonds is 4. The zero-order chi connectivity index (χ0) is 14.8. The Balaban J connectivity index is 2.36. The minimum atomic E-state index is -4.16. The maximum absolute atomic E-state index is 13.7. The van der Waals surface area contributed by atoms with E-state index < -0.39 is 33.2 Å². The van der Waals surface area contributed by atoms with Gasteiger partial charge in [-0.25, -0.2) is 17.2 Å². The summed E-state index contributed by atoms with van der Waals surface area (Å²) in [5.41, 5.74) is 0.253. The molecule has 2 aromatic rings. The van der Waals surface area contributed by atoms with Crippen molar-refractivity contribution in [2.24, 2.45) is 0 Å². The molecular weight excluding hydrogens is 288 g/mol. The van der Waals surface area contributed by atoms with Gasteiger partial charge in [-0.15, -0.1) is 0 Å². The highest BCUT2D eigenvalue weighted by Gasteiger charge is 2.19. The van der Waals surface area contributed by atoms with Gasteiger partial charge in [0.25, 0.3) is 10.0 Å². The highest BCUT2D eigenvalue weighted by atomic mass is 32.2. The molecule has 0 atom stereocenters. The van der Waals surface area contributed by atoms with E-state index in [-0.39, 0.29) is 11.3 Å². The van der Waals surface area contributed by atoms with Gasteiger partial charge in [0, 0.05) is 0 Å². The van der Waals surface area contributed by atoms with Crippen LogP contribution >= 0.6 is 0 Å². The van der Waals surface area contributed by atoms with Gasteiger partial charge in [0.15, 0.2) is 0 Å². The van der Waals surface area contributed by atoms with Crippen LogP contribution in [0.1, 0.15) is 5.56 Å². The fourth-order valence-electron chi connectivity index (χ4n) is 1.62. The van der Waals surface area contributed by atoms with Crippen molar-refractivity contribution in [2.45, 2.75) is 11.5 Å². The van der Waals surface area contributed by atoms with Crippen LogP contribution < -0.4 is 4.72 Å². The molecule has 0 unspecified atom stereocenters. The van der Waals surface area contributed by atoms with Gasteiger partial charge >= 0.3 is 0 Å². The zero-order valence-electron chi connectivity index (χ0n) is 10.2. The van der Waals surface area contributed by atoms with Crippen molar-refractivity contribution in [3.05, 3.63) is 59.7 Å². The van der Waals surface area contributed by atoms with E-state index in [4.69, 9.17) is 5.11 Å². The Bertz CT molecular complexity index is 732. The minimum absolute atomic E-state index is 0.00404. The molecule has 2 N–H and O–H groups in total. The Morgan fingerprint density at radius 3 is 2.45 bits per heavy atom. The molecule has 106 valence electrons. The smallest absolute Gasteiger partial charge is 0.264 e. The minimum Gasteiger partial charge on any atom is -0.392 e. The molecule has 20 heavy (non-hydrogen) atoms. The average molecular weight is 299 g/mol. The normalized spacial score (nSPS) is 11.3. The van der Waals surface area contributed by atoms with Crippen LogP contribution in [0, 0.1) is 11.6 Å². The molecule has 2 rings (SSSR count). The first-order valence-electron chi connectivity index (χ1n) is 5.60. The van der Waals surface area contributed by atoms with Crippen LogP contribution in [0.5, 0.6) is 0 Å². The Labute approximate surface area is 114 Å². The van der Waals surface area contributed by atoms with E-state index in [0.29, 0.717) is 0 Å². The lowest BCUT2D eigenvalue weighted by atomic mass is 10.2. The standard InChI is InChI=1S/C13H11F2NO3S/c14-10-2-1-3-11(7-10)16-20(18,19)13-5-4-9(8-17)6-12(13)15/h1-7,16-17H,8H2. The van der Waals surface area contributed by atoms with E-state index in [1.54, 1.807) is 0 Å². The largest absolute Gasteiger partial charge is 0.392 e. The van der Waals surface area contributed by atoms with E-state index in [0.717, 1.165) is 24.3 Å². The molecule has 2 aromatic carbocycles. The van der Waals surface area contributed by atoms with Gasteiger partial charge in [-0.3, -0.25) is 4.72 Å². The molecule has 0 bridgehead atoms. The van der Waals surface area contributed by atoms with Gasteiger partial charge in [0.2, 0.25) is 0 Å². The number of benzene rings is 2. The van der Waals surface area contributed by atoms with Gasteiger partial charge in [-0.2, -0.15) is 0 Å². The number of aliphatic hydroxyl groups excluding tert-OH is 1. The Hall–Kier alpha value is -1.99. The van der Waals surface area contributed by atoms with Gasteiger partial charge in [0.1, 0.15) is 16.5 Å². The summed E-state index contributed by atoms with van der Waals surface area (Å²) in [6.45, 7) is -0.394. The van der Waals surface area contributed by atoms with Crippen molar-refractivity contribution in [1.29, 1.82) is 0 Å². The second kappa shape index (κ2) is 5.56. The molecule has 0 spiro atoms. The molecule has 0 amide bonds. The lowest BCUT2D eigenvalue weighted by Crippen LogP contribution is -2.14. The zero-order valence-corrected chi connectivity index (χ0v) is 11.0. The molecule has 0 radical (unpaired) electrons. The van der Waals surface area contributed by atoms with E-state index in [1.807, 2.05) is 0 Å². The molecule has 0 heterocycles. The van der Waals surface area contributed by atoms with Crippen LogP contribution in [-0.2, 0) is 16.6 Å². The third-order valence-corrected chi connectivity index (χ3v) is 3.96. The predicted molar refractivity (Wildman–Crippen MR) is 69.5 cm³/mol. The van der Waals surface area contributed by atoms with Crippen LogP contribution in [0.4, 0.5) is 14.5 Å². The number of anilines is 1. The molecule has 0 aliphatic rings. The second-order valence-electron chi connectivity index (χ2n) is 4.04. The summed E-state index contributed by atoms with van der Waals surface area (Å²) in [6.07, 6.45) is 0. The number of hydrogen-bond donors (Lipinski definition) is 2. The van der Waals surface area contributed by atoms with Gasteiger partial charge < -0.3 is 5.11 Å². The summed E-state index contributed by atoms with van der Waals surface area (Å²) >= 11 is 0. The van der Waals surface area contributed by atoms with Gasteiger partial charge in [-0.05, 0) is 35.9 Å². The maximum atomic E-state index is 13.7. The first-order valence-corrected chi connectivity index (χ1v) is 7.08. The molecule has 0 saturated carbocycles. The van der Waals surface area contributed by atoms with Gasteiger partial charge in [0.05, 0.1) is 12.3 Å². The number of halogens is 2. The number of aliphatic hydroxyl groups is 1. The third-order valence-electron chi connectivity index (χ3n) is 2.55. The highest BCUT2D eigenvalue weighted by molar-refractivity contribution is 7.92. The van der Waals surface area contributed by atoms with Crippen LogP contribution in [0.25, 0.3) is 0 Å². The number of hydrogen-bond acceptors (Lipinski definition) is 3. The Morgan fingerprint density at radius 1 is 1.10 bits per heavy atom. The summed E-state index contributed by atoms with van der Waals surface area (Å²) in [4.78, 5) is -0.570. The van der Waals surface area contributed by atoms with Crippen molar-refractivity contribution in [3.8, 4) is 0 Å². The monoisotopic (exact) mass is 299 g/mol. The predicted octanol–water partition coefficient (Wildman–Crippen LogP) is 2.26. The van der Waals surface area contributed by atoms with Crippen molar-refractivity contribution < 1.29 is 22.3 Å². The van der Waals surface area contributed by atoms with Crippen LogP contribution in [0.15, 0.2) is 47.4 Å². The highest BCUT2D eigenvalue weighted by Crippen LogP contribution is 2.20. The summed E-state index contributed by atoms with van der Waals surface area (Å²) in [5, 5.41) is 8.85. The topological polar surface area (TPSA) is 66.4 Å². The Kier molecular flexibility index (Phi) is 4.01. The van der Waals surface area contributed by atoms with Gasteiger partial charge in [-0.1, -0.05) is 12.1 Å². The van der Waals surface area contributed by atoms with Crippen LogP contribution in [-0.4, -0.2) is 13.5 Å². The number of sulfonamides is 1. The maximum Gasteiger partial charge on any atom is 0.264 e. The third kappa shape index (κ3) is 3.12. The second-order valence-corrected chi connectivity index (χ2v) is 5.69. The molecule has 0 fully saturated rings. The van der Waals surface area contributed by atoms with Crippen LogP contribution in [0.3, 0.4) is 0 Å². The summed E-state index contributed by atoms with van der Waals surface area (Å²) in [5.74, 6) is -1.60. The quantitative estimate of drug-likeness (QED) is 0.910. The van der Waals surface area contributed by atoms with E-state index in [2.05, 4.69) is 4.72 Å². The first kappa shape index (κ1) is 14.4. The van der Waals surface area contributed by atoms with E-state index >= 15 is 0 Å². The molecule has 0 saturated heterocycles. The van der Waals surface area contributed by atoms with Crippen molar-refractivity contribution in [3.63, 3.8) is 0 Å². The molecule has 0 aliphatic carbocycles. The molecule has 7 heteroatoms. The van der Waals surface area contributed by atoms with Crippen molar-refractivity contribution >= 4 is 15.7 Å². The molecule has 0 aromatic heterocycles. The summed E-state index contributed by atoms with van der Waals surface area (Å²) < 4.78 is 52.8. The van der Waals surface area contributed by atoms with E-state index in [1.165, 1.54) is 18.2 Å². The fraction of sp³-hybridized carbons (Fsp3) is 0.0769. The van der Waals surface area contributed by atoms with E-state index in [9.17, 15) is 17.2 Å². The van der Waals surface area contributed by atoms with Crippen LogP contribution in [0.2, 0.25) is 0 Å². The molecule has 0 aliphatic heterocycles. The Morgan fingerprint density at radius 2 is 1.85 bits per heavy atom. The van der Waals surface area contributed by atoms with Crippen molar-refractivity contribution in [1.82, 2.24) is 0 Å². The molecule has 4 nitrogen and oxygen atoms in total. The average Bonchev–Trinajstić information content (AvgIpc) is 2.37. The first-order chi connectivity index (χ1) is 9.42. The summed E-state index contributed by atoms with van der Waals surface area (Å²) in [6, 6.07) is 8.09. The fourth-order valence-corrected chi connectivity index (χ4v) is 2.73. The van der Waals surface area contributed by atoms with Crippen molar-refractivity contribution in [2.75, 3.05) is 4.72 Å². The lowest BCUT2D eigenvalue weighted by Gasteiger charge is -2.09. The SMILES string of the molecule is O=S(=O)(Nc1cccc(F)c1)c1ccc(CO)cc1F.